The summed E-state index contributed by atoms with van der Waals surface area (Å²) in [5, 5.41) is 7.12. The lowest BCUT2D eigenvalue weighted by molar-refractivity contribution is 0.0932. The maximum Gasteiger partial charge on any atom is 0.270 e. The minimum Gasteiger partial charge on any atom is -0.344 e. The molecule has 0 aliphatic rings. The average molecular weight is 344 g/mol. The van der Waals surface area contributed by atoms with Gasteiger partial charge in [0.25, 0.3) is 11.7 Å². The first kappa shape index (κ1) is 15.9. The van der Waals surface area contributed by atoms with E-state index in [0.29, 0.717) is 17.2 Å². The summed E-state index contributed by atoms with van der Waals surface area (Å²) >= 11 is 0. The predicted molar refractivity (Wildman–Crippen MR) is 96.3 cm³/mol. The molecule has 0 aliphatic carbocycles. The van der Waals surface area contributed by atoms with Crippen molar-refractivity contribution in [1.82, 2.24) is 29.9 Å². The highest BCUT2D eigenvalue weighted by Crippen LogP contribution is 2.19. The fourth-order valence-electron chi connectivity index (χ4n) is 2.74. The summed E-state index contributed by atoms with van der Waals surface area (Å²) in [6, 6.07) is 15.0. The van der Waals surface area contributed by atoms with Crippen LogP contribution in [0.1, 0.15) is 29.0 Å². The Morgan fingerprint density at radius 1 is 1.12 bits per heavy atom. The summed E-state index contributed by atoms with van der Waals surface area (Å²) in [5.74, 6) is 0.137. The van der Waals surface area contributed by atoms with Crippen molar-refractivity contribution < 1.29 is 4.79 Å². The van der Waals surface area contributed by atoms with Crippen LogP contribution in [0.3, 0.4) is 0 Å². The lowest BCUT2D eigenvalue weighted by atomic mass is 10.1. The van der Waals surface area contributed by atoms with Crippen molar-refractivity contribution in [3.05, 3.63) is 78.5 Å². The Morgan fingerprint density at radius 3 is 2.65 bits per heavy atom. The summed E-state index contributed by atoms with van der Waals surface area (Å²) in [5.41, 5.74) is 2.94. The van der Waals surface area contributed by atoms with Crippen LogP contribution in [0.5, 0.6) is 0 Å². The van der Waals surface area contributed by atoms with Crippen molar-refractivity contribution in [1.29, 1.82) is 0 Å². The summed E-state index contributed by atoms with van der Waals surface area (Å²) in [6.07, 6.45) is 4.79. The lowest BCUT2D eigenvalue weighted by Gasteiger charge is -2.15. The quantitative estimate of drug-likeness (QED) is 0.615. The van der Waals surface area contributed by atoms with E-state index in [1.165, 1.54) is 10.8 Å². The zero-order chi connectivity index (χ0) is 17.9. The Balaban J connectivity index is 1.71. The highest BCUT2D eigenvalue weighted by Gasteiger charge is 2.18. The smallest absolute Gasteiger partial charge is 0.270 e. The number of hydrogen-bond donors (Lipinski definition) is 1. The van der Waals surface area contributed by atoms with E-state index in [-0.39, 0.29) is 11.9 Å². The van der Waals surface area contributed by atoms with E-state index in [9.17, 15) is 4.79 Å². The first-order valence-corrected chi connectivity index (χ1v) is 8.19. The van der Waals surface area contributed by atoms with Crippen LogP contribution in [-0.2, 0) is 0 Å². The molecule has 4 aromatic rings. The number of nitrogens with one attached hydrogen (secondary N) is 1. The van der Waals surface area contributed by atoms with Gasteiger partial charge in [-0.1, -0.05) is 30.3 Å². The standard InChI is InChI=1S/C19H16N6O/c1-13(14-7-9-20-10-8-14)23-18(26)17-11-16(15-5-3-2-4-6-15)24-19-21-12-22-25(17)19/h2-13H,1H3,(H,23,26)/t13-/m1/s1. The molecule has 0 radical (unpaired) electrons. The van der Waals surface area contributed by atoms with Crippen LogP contribution in [0, 0.1) is 0 Å². The second-order valence-corrected chi connectivity index (χ2v) is 5.84. The van der Waals surface area contributed by atoms with E-state index in [1.807, 2.05) is 49.4 Å². The van der Waals surface area contributed by atoms with Gasteiger partial charge in [0.2, 0.25) is 0 Å². The molecular formula is C19H16N6O. The average Bonchev–Trinajstić information content (AvgIpc) is 3.17. The van der Waals surface area contributed by atoms with Gasteiger partial charge in [0, 0.05) is 18.0 Å². The Labute approximate surface area is 149 Å². The maximum absolute atomic E-state index is 12.9. The predicted octanol–water partition coefficient (Wildman–Crippen LogP) is 2.68. The van der Waals surface area contributed by atoms with Gasteiger partial charge in [-0.25, -0.2) is 4.98 Å². The van der Waals surface area contributed by atoms with Crippen molar-refractivity contribution in [2.24, 2.45) is 0 Å². The van der Waals surface area contributed by atoms with E-state index in [0.717, 1.165) is 11.1 Å². The topological polar surface area (TPSA) is 85.1 Å². The molecule has 0 bridgehead atoms. The van der Waals surface area contributed by atoms with E-state index in [1.54, 1.807) is 18.5 Å². The van der Waals surface area contributed by atoms with E-state index < -0.39 is 0 Å². The Hall–Kier alpha value is -3.61. The molecule has 1 atom stereocenters. The van der Waals surface area contributed by atoms with Crippen molar-refractivity contribution >= 4 is 11.7 Å². The van der Waals surface area contributed by atoms with Crippen LogP contribution in [0.25, 0.3) is 17.0 Å². The van der Waals surface area contributed by atoms with Gasteiger partial charge in [-0.2, -0.15) is 14.6 Å². The fraction of sp³-hybridized carbons (Fsp3) is 0.105. The minimum absolute atomic E-state index is 0.169. The van der Waals surface area contributed by atoms with Crippen molar-refractivity contribution in [2.45, 2.75) is 13.0 Å². The van der Waals surface area contributed by atoms with Gasteiger partial charge in [0.05, 0.1) is 11.7 Å². The van der Waals surface area contributed by atoms with E-state index in [4.69, 9.17) is 0 Å². The first-order chi connectivity index (χ1) is 12.7. The molecule has 1 amide bonds. The largest absolute Gasteiger partial charge is 0.344 e. The summed E-state index contributed by atoms with van der Waals surface area (Å²) < 4.78 is 1.45. The van der Waals surface area contributed by atoms with Crippen molar-refractivity contribution in [3.8, 4) is 11.3 Å². The molecule has 1 N–H and O–H groups in total. The zero-order valence-corrected chi connectivity index (χ0v) is 14.1. The van der Waals surface area contributed by atoms with Gasteiger partial charge in [-0.3, -0.25) is 9.78 Å². The number of amides is 1. The first-order valence-electron chi connectivity index (χ1n) is 8.19. The molecule has 1 aromatic carbocycles. The fourth-order valence-corrected chi connectivity index (χ4v) is 2.74. The monoisotopic (exact) mass is 344 g/mol. The maximum atomic E-state index is 12.9. The molecule has 0 spiro atoms. The molecule has 0 fully saturated rings. The van der Waals surface area contributed by atoms with Crippen LogP contribution in [0.4, 0.5) is 0 Å². The second-order valence-electron chi connectivity index (χ2n) is 5.84. The highest BCUT2D eigenvalue weighted by molar-refractivity contribution is 5.94. The van der Waals surface area contributed by atoms with Gasteiger partial charge in [0.1, 0.15) is 12.0 Å². The number of hydrogen-bond acceptors (Lipinski definition) is 5. The molecule has 128 valence electrons. The lowest BCUT2D eigenvalue weighted by Crippen LogP contribution is -2.28. The van der Waals surface area contributed by atoms with Crippen LogP contribution >= 0.6 is 0 Å². The molecule has 0 saturated heterocycles. The van der Waals surface area contributed by atoms with Crippen molar-refractivity contribution in [3.63, 3.8) is 0 Å². The molecule has 7 heteroatoms. The van der Waals surface area contributed by atoms with Crippen LogP contribution in [0.2, 0.25) is 0 Å². The SMILES string of the molecule is C[C@@H](NC(=O)c1cc(-c2ccccc2)nc2ncnn12)c1ccncc1. The van der Waals surface area contributed by atoms with Gasteiger partial charge >= 0.3 is 0 Å². The molecule has 3 aromatic heterocycles. The number of carbonyl (C=O) groups is 1. The molecule has 0 aliphatic heterocycles. The molecule has 4 rings (SSSR count). The summed E-state index contributed by atoms with van der Waals surface area (Å²) in [6.45, 7) is 1.92. The third-order valence-electron chi connectivity index (χ3n) is 4.11. The molecule has 7 nitrogen and oxygen atoms in total. The zero-order valence-electron chi connectivity index (χ0n) is 14.1. The second kappa shape index (κ2) is 6.72. The van der Waals surface area contributed by atoms with Gasteiger partial charge < -0.3 is 5.32 Å². The number of nitrogens with zero attached hydrogens (tertiary/aromatic N) is 5. The minimum atomic E-state index is -0.246. The third-order valence-corrected chi connectivity index (χ3v) is 4.11. The third kappa shape index (κ3) is 3.02. The van der Waals surface area contributed by atoms with Crippen molar-refractivity contribution in [2.75, 3.05) is 0 Å². The highest BCUT2D eigenvalue weighted by atomic mass is 16.2. The van der Waals surface area contributed by atoms with Crippen LogP contribution < -0.4 is 5.32 Å². The van der Waals surface area contributed by atoms with Gasteiger partial charge in [-0.15, -0.1) is 0 Å². The Kier molecular flexibility index (Phi) is 4.10. The van der Waals surface area contributed by atoms with Crippen LogP contribution in [0.15, 0.2) is 67.3 Å². The van der Waals surface area contributed by atoms with Gasteiger partial charge in [0.15, 0.2) is 0 Å². The number of benzene rings is 1. The van der Waals surface area contributed by atoms with E-state index in [2.05, 4.69) is 25.4 Å². The molecular weight excluding hydrogens is 328 g/mol. The Morgan fingerprint density at radius 2 is 1.88 bits per heavy atom. The number of rotatable bonds is 4. The molecule has 0 unspecified atom stereocenters. The normalized spacial score (nSPS) is 12.0. The number of pyridine rings is 1. The number of fused-ring (bicyclic) bond motifs is 1. The number of aromatic nitrogens is 5. The van der Waals surface area contributed by atoms with Gasteiger partial charge in [-0.05, 0) is 30.7 Å². The summed E-state index contributed by atoms with van der Waals surface area (Å²) in [4.78, 5) is 25.5. The molecule has 3 heterocycles. The summed E-state index contributed by atoms with van der Waals surface area (Å²) in [7, 11) is 0. The molecule has 26 heavy (non-hydrogen) atoms. The van der Waals surface area contributed by atoms with E-state index >= 15 is 0 Å². The number of carbonyl (C=O) groups excluding carboxylic acids is 1. The molecule has 0 saturated carbocycles. The Bertz CT molecular complexity index is 1050. The van der Waals surface area contributed by atoms with Crippen LogP contribution in [-0.4, -0.2) is 30.5 Å².